The van der Waals surface area contributed by atoms with Crippen LogP contribution in [-0.4, -0.2) is 50.8 Å². The monoisotopic (exact) mass is 407 g/mol. The Morgan fingerprint density at radius 2 is 1.47 bits per heavy atom. The largest absolute Gasteiger partial charge is 0.491 e. The van der Waals surface area contributed by atoms with E-state index in [4.69, 9.17) is 14.2 Å². The number of likely N-dealkylation sites (N-methyl/N-ethyl adjacent to an activating group) is 1. The zero-order valence-corrected chi connectivity index (χ0v) is 18.1. The summed E-state index contributed by atoms with van der Waals surface area (Å²) in [5.41, 5.74) is 2.26. The van der Waals surface area contributed by atoms with Gasteiger partial charge in [-0.15, -0.1) is 0 Å². The maximum atomic E-state index is 12.1. The maximum Gasteiger partial charge on any atom is 0.260 e. The molecule has 0 aliphatic carbocycles. The van der Waals surface area contributed by atoms with Crippen LogP contribution in [0.1, 0.15) is 13.8 Å². The van der Waals surface area contributed by atoms with Gasteiger partial charge in [0, 0.05) is 20.2 Å². The molecule has 3 rings (SSSR count). The Morgan fingerprint density at radius 3 is 2.17 bits per heavy atom. The zero-order valence-electron chi connectivity index (χ0n) is 18.1. The minimum Gasteiger partial charge on any atom is -0.491 e. The molecule has 0 bridgehead atoms. The summed E-state index contributed by atoms with van der Waals surface area (Å²) in [6, 6.07) is 20.4. The molecule has 0 unspecified atom stereocenters. The normalized spacial score (nSPS) is 11.0. The molecule has 0 radical (unpaired) electrons. The summed E-state index contributed by atoms with van der Waals surface area (Å²) in [6.45, 7) is 5.11. The highest BCUT2D eigenvalue weighted by Gasteiger charge is 2.12. The van der Waals surface area contributed by atoms with Gasteiger partial charge in [0.2, 0.25) is 0 Å². The van der Waals surface area contributed by atoms with Crippen LogP contribution in [0.25, 0.3) is 21.9 Å². The lowest BCUT2D eigenvalue weighted by atomic mass is 10.0. The van der Waals surface area contributed by atoms with Gasteiger partial charge in [-0.1, -0.05) is 30.3 Å². The van der Waals surface area contributed by atoms with E-state index in [0.29, 0.717) is 19.0 Å². The fourth-order valence-corrected chi connectivity index (χ4v) is 3.01. The molecule has 0 heterocycles. The highest BCUT2D eigenvalue weighted by molar-refractivity contribution is 5.88. The third-order valence-electron chi connectivity index (χ3n) is 5.09. The van der Waals surface area contributed by atoms with E-state index < -0.39 is 0 Å². The fraction of sp³-hybridized carbons (Fsp3) is 0.320. The van der Waals surface area contributed by atoms with Crippen molar-refractivity contribution in [3.05, 3.63) is 60.7 Å². The highest BCUT2D eigenvalue weighted by atomic mass is 16.5. The summed E-state index contributed by atoms with van der Waals surface area (Å²) in [5, 5.41) is 2.19. The molecule has 0 saturated heterocycles. The summed E-state index contributed by atoms with van der Waals surface area (Å²) in [5.74, 6) is 1.49. The SMILES string of the molecule is COCCOc1ccc(-c2ccc3cc(OCC(=O)N(C)C(C)C)ccc3c2)cc1. The van der Waals surface area contributed by atoms with Crippen molar-refractivity contribution >= 4 is 16.7 Å². The van der Waals surface area contributed by atoms with E-state index in [1.165, 1.54) is 0 Å². The lowest BCUT2D eigenvalue weighted by Gasteiger charge is -2.21. The number of benzene rings is 3. The van der Waals surface area contributed by atoms with Crippen molar-refractivity contribution in [2.24, 2.45) is 0 Å². The van der Waals surface area contributed by atoms with Crippen molar-refractivity contribution < 1.29 is 19.0 Å². The van der Waals surface area contributed by atoms with E-state index >= 15 is 0 Å². The lowest BCUT2D eigenvalue weighted by Crippen LogP contribution is -2.36. The van der Waals surface area contributed by atoms with Gasteiger partial charge < -0.3 is 19.1 Å². The summed E-state index contributed by atoms with van der Waals surface area (Å²) in [6.07, 6.45) is 0. The van der Waals surface area contributed by atoms with E-state index in [-0.39, 0.29) is 18.6 Å². The van der Waals surface area contributed by atoms with Crippen LogP contribution in [0.5, 0.6) is 11.5 Å². The van der Waals surface area contributed by atoms with Crippen LogP contribution in [0, 0.1) is 0 Å². The number of methoxy groups -OCH3 is 1. The molecule has 1 amide bonds. The average Bonchev–Trinajstić information content (AvgIpc) is 2.77. The molecule has 0 saturated carbocycles. The molecule has 5 heteroatoms. The van der Waals surface area contributed by atoms with E-state index in [0.717, 1.165) is 27.6 Å². The number of nitrogens with zero attached hydrogens (tertiary/aromatic N) is 1. The Bertz CT molecular complexity index is 982. The Morgan fingerprint density at radius 1 is 0.833 bits per heavy atom. The number of amides is 1. The van der Waals surface area contributed by atoms with E-state index in [1.54, 1.807) is 19.1 Å². The molecule has 30 heavy (non-hydrogen) atoms. The molecule has 0 N–H and O–H groups in total. The van der Waals surface area contributed by atoms with Gasteiger partial charge in [0.15, 0.2) is 6.61 Å². The van der Waals surface area contributed by atoms with Gasteiger partial charge in [-0.25, -0.2) is 0 Å². The van der Waals surface area contributed by atoms with Gasteiger partial charge in [0.05, 0.1) is 6.61 Å². The van der Waals surface area contributed by atoms with E-state index in [2.05, 4.69) is 30.3 Å². The van der Waals surface area contributed by atoms with Gasteiger partial charge in [0.1, 0.15) is 18.1 Å². The second kappa shape index (κ2) is 10.1. The zero-order chi connectivity index (χ0) is 21.5. The number of hydrogen-bond donors (Lipinski definition) is 0. The molecule has 158 valence electrons. The highest BCUT2D eigenvalue weighted by Crippen LogP contribution is 2.28. The number of rotatable bonds is 9. The molecular formula is C25H29NO4. The minimum absolute atomic E-state index is 0.0323. The van der Waals surface area contributed by atoms with Crippen LogP contribution in [-0.2, 0) is 9.53 Å². The quantitative estimate of drug-likeness (QED) is 0.479. The van der Waals surface area contributed by atoms with Gasteiger partial charge in [-0.3, -0.25) is 4.79 Å². The van der Waals surface area contributed by atoms with Gasteiger partial charge >= 0.3 is 0 Å². The topological polar surface area (TPSA) is 48.0 Å². The standard InChI is InChI=1S/C25H29NO4/c1-18(2)26(3)25(27)17-30-24-12-9-21-15-20(5-6-22(21)16-24)19-7-10-23(11-8-19)29-14-13-28-4/h5-12,15-16,18H,13-14,17H2,1-4H3. The van der Waals surface area contributed by atoms with Crippen molar-refractivity contribution in [1.29, 1.82) is 0 Å². The van der Waals surface area contributed by atoms with E-state index in [9.17, 15) is 4.79 Å². The van der Waals surface area contributed by atoms with Crippen LogP contribution < -0.4 is 9.47 Å². The molecule has 0 atom stereocenters. The molecule has 0 fully saturated rings. The predicted molar refractivity (Wildman–Crippen MR) is 120 cm³/mol. The van der Waals surface area contributed by atoms with Crippen LogP contribution >= 0.6 is 0 Å². The second-order valence-corrected chi connectivity index (χ2v) is 7.48. The molecular weight excluding hydrogens is 378 g/mol. The molecule has 3 aromatic carbocycles. The van der Waals surface area contributed by atoms with Crippen molar-refractivity contribution in [1.82, 2.24) is 4.90 Å². The number of fused-ring (bicyclic) bond motifs is 1. The van der Waals surface area contributed by atoms with Crippen molar-refractivity contribution in [2.75, 3.05) is 34.0 Å². The first-order valence-electron chi connectivity index (χ1n) is 10.1. The fourth-order valence-electron chi connectivity index (χ4n) is 3.01. The lowest BCUT2D eigenvalue weighted by molar-refractivity contribution is -0.133. The molecule has 0 aliphatic rings. The third kappa shape index (κ3) is 5.51. The molecule has 5 nitrogen and oxygen atoms in total. The molecule has 0 aromatic heterocycles. The third-order valence-corrected chi connectivity index (χ3v) is 5.09. The Hall–Kier alpha value is -3.05. The summed E-state index contributed by atoms with van der Waals surface area (Å²) in [7, 11) is 3.45. The van der Waals surface area contributed by atoms with Gasteiger partial charge in [-0.05, 0) is 66.1 Å². The Kier molecular flexibility index (Phi) is 7.31. The predicted octanol–water partition coefficient (Wildman–Crippen LogP) is 4.78. The van der Waals surface area contributed by atoms with E-state index in [1.807, 2.05) is 44.2 Å². The molecule has 3 aromatic rings. The van der Waals surface area contributed by atoms with Crippen molar-refractivity contribution in [3.63, 3.8) is 0 Å². The number of ether oxygens (including phenoxy) is 3. The molecule has 0 spiro atoms. The minimum atomic E-state index is -0.0323. The number of carbonyl (C=O) groups is 1. The number of carbonyl (C=O) groups excluding carboxylic acids is 1. The van der Waals surface area contributed by atoms with Crippen LogP contribution in [0.2, 0.25) is 0 Å². The van der Waals surface area contributed by atoms with Gasteiger partial charge in [0.25, 0.3) is 5.91 Å². The van der Waals surface area contributed by atoms with Gasteiger partial charge in [-0.2, -0.15) is 0 Å². The van der Waals surface area contributed by atoms with Crippen LogP contribution in [0.15, 0.2) is 60.7 Å². The van der Waals surface area contributed by atoms with Crippen molar-refractivity contribution in [3.8, 4) is 22.6 Å². The first-order chi connectivity index (χ1) is 14.5. The smallest absolute Gasteiger partial charge is 0.260 e. The summed E-state index contributed by atoms with van der Waals surface area (Å²) in [4.78, 5) is 13.8. The Labute approximate surface area is 178 Å². The molecule has 0 aliphatic heterocycles. The average molecular weight is 408 g/mol. The summed E-state index contributed by atoms with van der Waals surface area (Å²) >= 11 is 0. The van der Waals surface area contributed by atoms with Crippen molar-refractivity contribution in [2.45, 2.75) is 19.9 Å². The van der Waals surface area contributed by atoms with Crippen LogP contribution in [0.3, 0.4) is 0 Å². The number of hydrogen-bond acceptors (Lipinski definition) is 4. The van der Waals surface area contributed by atoms with Crippen LogP contribution in [0.4, 0.5) is 0 Å². The maximum absolute atomic E-state index is 12.1. The summed E-state index contributed by atoms with van der Waals surface area (Å²) < 4.78 is 16.3. The first-order valence-corrected chi connectivity index (χ1v) is 10.1. The Balaban J connectivity index is 1.68. The first kappa shape index (κ1) is 21.7. The second-order valence-electron chi connectivity index (χ2n) is 7.48.